The summed E-state index contributed by atoms with van der Waals surface area (Å²) in [7, 11) is -1.80. The molecule has 31 heavy (non-hydrogen) atoms. The first kappa shape index (κ1) is 23.0. The Labute approximate surface area is 186 Å². The highest BCUT2D eigenvalue weighted by atomic mass is 32.2. The van der Waals surface area contributed by atoms with Gasteiger partial charge in [0.2, 0.25) is 27.6 Å². The molecule has 3 rings (SSSR count). The van der Waals surface area contributed by atoms with Crippen LogP contribution < -0.4 is 4.31 Å². The molecule has 0 N–H and O–H groups in total. The minimum atomic E-state index is -3.46. The van der Waals surface area contributed by atoms with Gasteiger partial charge in [0.25, 0.3) is 0 Å². The van der Waals surface area contributed by atoms with Gasteiger partial charge in [-0.15, -0.1) is 11.3 Å². The molecule has 0 saturated carbocycles. The third kappa shape index (κ3) is 6.14. The lowest BCUT2D eigenvalue weighted by molar-refractivity contribution is -0.130. The summed E-state index contributed by atoms with van der Waals surface area (Å²) in [6, 6.07) is 9.47. The molecule has 8 nitrogen and oxygen atoms in total. The summed E-state index contributed by atoms with van der Waals surface area (Å²) in [4.78, 5) is 19.3. The van der Waals surface area contributed by atoms with Gasteiger partial charge in [0.1, 0.15) is 0 Å². The van der Waals surface area contributed by atoms with Gasteiger partial charge in [0, 0.05) is 20.0 Å². The minimum Gasteiger partial charge on any atom is -0.337 e. The van der Waals surface area contributed by atoms with Gasteiger partial charge < -0.3 is 9.42 Å². The van der Waals surface area contributed by atoms with Crippen molar-refractivity contribution in [3.8, 4) is 10.7 Å². The number of sulfonamides is 1. The van der Waals surface area contributed by atoms with E-state index in [1.807, 2.05) is 49.6 Å². The number of benzene rings is 1. The Bertz CT molecular complexity index is 1120. The molecule has 0 saturated heterocycles. The second-order valence-electron chi connectivity index (χ2n) is 7.52. The van der Waals surface area contributed by atoms with Gasteiger partial charge in [-0.2, -0.15) is 4.98 Å². The Balaban J connectivity index is 1.57. The summed E-state index contributed by atoms with van der Waals surface area (Å²) < 4.78 is 31.2. The Hall–Kier alpha value is -2.72. The predicted molar refractivity (Wildman–Crippen MR) is 121 cm³/mol. The zero-order valence-electron chi connectivity index (χ0n) is 18.0. The lowest BCUT2D eigenvalue weighted by Gasteiger charge is -2.23. The Morgan fingerprint density at radius 3 is 2.52 bits per heavy atom. The van der Waals surface area contributed by atoms with E-state index in [1.54, 1.807) is 7.05 Å². The molecule has 0 aliphatic rings. The van der Waals surface area contributed by atoms with E-state index in [9.17, 15) is 13.2 Å². The Morgan fingerprint density at radius 2 is 1.90 bits per heavy atom. The first-order valence-electron chi connectivity index (χ1n) is 9.80. The zero-order chi connectivity index (χ0) is 22.6. The van der Waals surface area contributed by atoms with Crippen molar-refractivity contribution in [3.05, 3.63) is 52.7 Å². The van der Waals surface area contributed by atoms with E-state index in [0.29, 0.717) is 23.8 Å². The molecule has 0 unspecified atom stereocenters. The van der Waals surface area contributed by atoms with Gasteiger partial charge in [0.15, 0.2) is 0 Å². The van der Waals surface area contributed by atoms with E-state index < -0.39 is 10.0 Å². The summed E-state index contributed by atoms with van der Waals surface area (Å²) >= 11 is 1.51. The number of rotatable bonds is 9. The average molecular weight is 463 g/mol. The molecule has 10 heteroatoms. The number of aromatic nitrogens is 2. The van der Waals surface area contributed by atoms with Crippen LogP contribution in [0.1, 0.15) is 29.9 Å². The van der Waals surface area contributed by atoms with E-state index in [2.05, 4.69) is 10.1 Å². The number of nitrogens with zero attached hydrogens (tertiary/aromatic N) is 4. The molecule has 2 aromatic heterocycles. The molecule has 0 aliphatic heterocycles. The second kappa shape index (κ2) is 9.61. The maximum atomic E-state index is 12.5. The van der Waals surface area contributed by atoms with E-state index in [4.69, 9.17) is 4.52 Å². The van der Waals surface area contributed by atoms with E-state index in [0.717, 1.165) is 16.0 Å². The predicted octanol–water partition coefficient (Wildman–Crippen LogP) is 3.62. The van der Waals surface area contributed by atoms with Crippen molar-refractivity contribution in [3.63, 3.8) is 0 Å². The maximum Gasteiger partial charge on any atom is 0.246 e. The number of carbonyl (C=O) groups is 1. The number of amides is 1. The van der Waals surface area contributed by atoms with Gasteiger partial charge in [-0.25, -0.2) is 8.42 Å². The van der Waals surface area contributed by atoms with Crippen LogP contribution in [-0.2, 0) is 21.4 Å². The SMILES string of the molecule is Cc1cc(C)cc(N(CCCC(=O)N(C)Cc2nc(-c3cccs3)no2)S(C)(=O)=O)c1. The molecular formula is C21H26N4O4S2. The van der Waals surface area contributed by atoms with Gasteiger partial charge in [-0.1, -0.05) is 17.3 Å². The highest BCUT2D eigenvalue weighted by Gasteiger charge is 2.20. The van der Waals surface area contributed by atoms with Crippen molar-refractivity contribution in [2.75, 3.05) is 24.2 Å². The van der Waals surface area contributed by atoms with Gasteiger partial charge in [0.05, 0.1) is 23.4 Å². The fraction of sp³-hybridized carbons (Fsp3) is 0.381. The molecule has 2 heterocycles. The van der Waals surface area contributed by atoms with Crippen LogP contribution in [0.2, 0.25) is 0 Å². The van der Waals surface area contributed by atoms with E-state index in [-0.39, 0.29) is 25.4 Å². The molecule has 0 fully saturated rings. The third-order valence-electron chi connectivity index (χ3n) is 4.65. The van der Waals surface area contributed by atoms with Crippen molar-refractivity contribution in [1.29, 1.82) is 0 Å². The topological polar surface area (TPSA) is 96.6 Å². The Morgan fingerprint density at radius 1 is 1.19 bits per heavy atom. The third-order valence-corrected chi connectivity index (χ3v) is 6.71. The van der Waals surface area contributed by atoms with Crippen LogP contribution in [0.5, 0.6) is 0 Å². The number of thiophene rings is 1. The van der Waals surface area contributed by atoms with Crippen LogP contribution >= 0.6 is 11.3 Å². The van der Waals surface area contributed by atoms with Crippen LogP contribution in [0.25, 0.3) is 10.7 Å². The monoisotopic (exact) mass is 462 g/mol. The summed E-state index contributed by atoms with van der Waals surface area (Å²) in [6.07, 6.45) is 1.78. The number of anilines is 1. The van der Waals surface area contributed by atoms with E-state index >= 15 is 0 Å². The standard InChI is InChI=1S/C21H26N4O4S2/c1-15-11-16(2)13-17(12-15)25(31(4,27)28)9-5-8-20(26)24(3)14-19-22-21(23-29-19)18-7-6-10-30-18/h6-7,10-13H,5,8-9,14H2,1-4H3. The molecule has 0 aliphatic carbocycles. The summed E-state index contributed by atoms with van der Waals surface area (Å²) in [5, 5.41) is 5.87. The number of carbonyl (C=O) groups excluding carboxylic acids is 1. The largest absolute Gasteiger partial charge is 0.337 e. The Kier molecular flexibility index (Phi) is 7.11. The minimum absolute atomic E-state index is 0.121. The molecule has 1 aromatic carbocycles. The molecule has 0 spiro atoms. The molecule has 0 bridgehead atoms. The summed E-state index contributed by atoms with van der Waals surface area (Å²) in [6.45, 7) is 4.28. The lowest BCUT2D eigenvalue weighted by atomic mass is 10.1. The van der Waals surface area contributed by atoms with Crippen molar-refractivity contribution in [2.45, 2.75) is 33.2 Å². The van der Waals surface area contributed by atoms with Crippen LogP contribution in [0.15, 0.2) is 40.2 Å². The fourth-order valence-corrected chi connectivity index (χ4v) is 4.86. The van der Waals surface area contributed by atoms with Crippen molar-refractivity contribution < 1.29 is 17.7 Å². The van der Waals surface area contributed by atoms with Crippen LogP contribution in [0.4, 0.5) is 5.69 Å². The molecule has 0 atom stereocenters. The highest BCUT2D eigenvalue weighted by molar-refractivity contribution is 7.92. The molecule has 0 radical (unpaired) electrons. The van der Waals surface area contributed by atoms with Crippen LogP contribution in [-0.4, -0.2) is 49.2 Å². The number of hydrogen-bond acceptors (Lipinski definition) is 7. The molecule has 1 amide bonds. The summed E-state index contributed by atoms with van der Waals surface area (Å²) in [5.74, 6) is 0.736. The number of aryl methyl sites for hydroxylation is 2. The lowest BCUT2D eigenvalue weighted by Crippen LogP contribution is -2.32. The van der Waals surface area contributed by atoms with Gasteiger partial charge >= 0.3 is 0 Å². The first-order chi connectivity index (χ1) is 14.6. The molecule has 3 aromatic rings. The first-order valence-corrected chi connectivity index (χ1v) is 12.5. The molecule has 166 valence electrons. The fourth-order valence-electron chi connectivity index (χ4n) is 3.26. The number of hydrogen-bond donors (Lipinski definition) is 0. The molecular weight excluding hydrogens is 436 g/mol. The van der Waals surface area contributed by atoms with Crippen molar-refractivity contribution in [1.82, 2.24) is 15.0 Å². The van der Waals surface area contributed by atoms with Crippen LogP contribution in [0, 0.1) is 13.8 Å². The quantitative estimate of drug-likeness (QED) is 0.482. The maximum absolute atomic E-state index is 12.5. The van der Waals surface area contributed by atoms with Gasteiger partial charge in [-0.05, 0) is 55.0 Å². The van der Waals surface area contributed by atoms with Crippen LogP contribution in [0.3, 0.4) is 0 Å². The van der Waals surface area contributed by atoms with E-state index in [1.165, 1.54) is 26.8 Å². The smallest absolute Gasteiger partial charge is 0.246 e. The van der Waals surface area contributed by atoms with Crippen molar-refractivity contribution in [2.24, 2.45) is 0 Å². The normalized spacial score (nSPS) is 11.5. The zero-order valence-corrected chi connectivity index (χ0v) is 19.7. The highest BCUT2D eigenvalue weighted by Crippen LogP contribution is 2.23. The van der Waals surface area contributed by atoms with Gasteiger partial charge in [-0.3, -0.25) is 9.10 Å². The average Bonchev–Trinajstić information content (AvgIpc) is 3.34. The second-order valence-corrected chi connectivity index (χ2v) is 10.4. The summed E-state index contributed by atoms with van der Waals surface area (Å²) in [5.41, 5.74) is 2.59. The van der Waals surface area contributed by atoms with Crippen molar-refractivity contribution >= 4 is 33.0 Å².